The molecule has 0 radical (unpaired) electrons. The highest BCUT2D eigenvalue weighted by Crippen LogP contribution is 2.17. The van der Waals surface area contributed by atoms with Gasteiger partial charge >= 0.3 is 0 Å². The quantitative estimate of drug-likeness (QED) is 0.650. The van der Waals surface area contributed by atoms with Gasteiger partial charge in [0.2, 0.25) is 5.91 Å². The lowest BCUT2D eigenvalue weighted by Crippen LogP contribution is -2.34. The minimum absolute atomic E-state index is 0.174. The first kappa shape index (κ1) is 17.4. The van der Waals surface area contributed by atoms with Crippen molar-refractivity contribution in [3.8, 4) is 0 Å². The molecule has 0 spiro atoms. The molecule has 2 aromatic rings. The van der Waals surface area contributed by atoms with Gasteiger partial charge in [-0.1, -0.05) is 36.8 Å². The van der Waals surface area contributed by atoms with Crippen LogP contribution in [0.1, 0.15) is 30.5 Å². The normalized spacial score (nSPS) is 11.8. The molecule has 126 valence electrons. The Labute approximate surface area is 139 Å². The van der Waals surface area contributed by atoms with Crippen LogP contribution >= 0.6 is 0 Å². The summed E-state index contributed by atoms with van der Waals surface area (Å²) in [6, 6.07) is 9.87. The van der Waals surface area contributed by atoms with Crippen molar-refractivity contribution in [3.05, 3.63) is 74.2 Å². The molecule has 1 N–H and O–H groups in total. The maximum atomic E-state index is 12.2. The van der Waals surface area contributed by atoms with E-state index in [1.165, 1.54) is 0 Å². The molecule has 0 saturated carbocycles. The van der Waals surface area contributed by atoms with Crippen LogP contribution in [0.3, 0.4) is 0 Å². The maximum Gasteiger partial charge on any atom is 0.285 e. The van der Waals surface area contributed by atoms with Crippen LogP contribution in [0, 0.1) is 17.0 Å². The minimum Gasteiger partial charge on any atom is -0.348 e. The lowest BCUT2D eigenvalue weighted by atomic mass is 10.0. The molecular formula is C17H19N3O4. The number of aromatic nitrogens is 1. The zero-order valence-corrected chi connectivity index (χ0v) is 13.6. The number of carbonyl (C=O) groups excluding carboxylic acids is 1. The Balaban J connectivity index is 2.12. The second-order valence-electron chi connectivity index (χ2n) is 5.55. The van der Waals surface area contributed by atoms with E-state index < -0.39 is 10.5 Å². The number of rotatable bonds is 6. The van der Waals surface area contributed by atoms with Crippen LogP contribution in [-0.4, -0.2) is 15.4 Å². The third kappa shape index (κ3) is 4.28. The highest BCUT2D eigenvalue weighted by molar-refractivity contribution is 5.76. The number of carbonyl (C=O) groups is 1. The van der Waals surface area contributed by atoms with Gasteiger partial charge in [-0.3, -0.25) is 24.3 Å². The summed E-state index contributed by atoms with van der Waals surface area (Å²) in [4.78, 5) is 34.1. The van der Waals surface area contributed by atoms with Crippen molar-refractivity contribution in [2.24, 2.45) is 0 Å². The molecule has 2 rings (SSSR count). The van der Waals surface area contributed by atoms with E-state index in [0.29, 0.717) is 6.42 Å². The number of hydrogen-bond acceptors (Lipinski definition) is 4. The fraction of sp³-hybridized carbons (Fsp3) is 0.294. The van der Waals surface area contributed by atoms with Crippen LogP contribution in [0.25, 0.3) is 0 Å². The summed E-state index contributed by atoms with van der Waals surface area (Å²) in [5.41, 5.74) is 1.41. The number of amides is 1. The number of nitrogens with zero attached hydrogens (tertiary/aromatic N) is 2. The van der Waals surface area contributed by atoms with E-state index in [0.717, 1.165) is 34.0 Å². The Morgan fingerprint density at radius 2 is 1.92 bits per heavy atom. The Bertz CT molecular complexity index is 796. The van der Waals surface area contributed by atoms with Crippen molar-refractivity contribution in [3.63, 3.8) is 0 Å². The topological polar surface area (TPSA) is 94.2 Å². The number of hydrogen-bond donors (Lipinski definition) is 1. The Kier molecular flexibility index (Phi) is 5.47. The standard InChI is InChI=1S/C17H19N3O4/c1-3-15(13-6-4-12(2)5-7-13)18-16(21)11-19-10-14(20(23)24)8-9-17(19)22/h4-10,15H,3,11H2,1-2H3,(H,18,21)/t15-/m1/s1. The molecule has 0 fully saturated rings. The predicted octanol–water partition coefficient (Wildman–Crippen LogP) is 2.33. The first-order valence-corrected chi connectivity index (χ1v) is 7.61. The third-order valence-electron chi connectivity index (χ3n) is 3.72. The number of pyridine rings is 1. The van der Waals surface area contributed by atoms with Crippen LogP contribution in [0.15, 0.2) is 47.4 Å². The molecule has 1 heterocycles. The van der Waals surface area contributed by atoms with Gasteiger partial charge in [0.05, 0.1) is 17.2 Å². The van der Waals surface area contributed by atoms with E-state index in [-0.39, 0.29) is 24.2 Å². The Hall–Kier alpha value is -2.96. The van der Waals surface area contributed by atoms with Crippen molar-refractivity contribution in [1.29, 1.82) is 0 Å². The zero-order valence-electron chi connectivity index (χ0n) is 13.6. The molecule has 7 nitrogen and oxygen atoms in total. The van der Waals surface area contributed by atoms with E-state index in [2.05, 4.69) is 5.32 Å². The van der Waals surface area contributed by atoms with Gasteiger partial charge in [-0.05, 0) is 18.9 Å². The SMILES string of the molecule is CC[C@@H](NC(=O)Cn1cc([N+](=O)[O-])ccc1=O)c1ccc(C)cc1. The molecule has 1 aromatic heterocycles. The summed E-state index contributed by atoms with van der Waals surface area (Å²) < 4.78 is 1.04. The van der Waals surface area contributed by atoms with Gasteiger partial charge in [-0.2, -0.15) is 0 Å². The second-order valence-corrected chi connectivity index (χ2v) is 5.55. The maximum absolute atomic E-state index is 12.2. The second kappa shape index (κ2) is 7.54. The number of nitro groups is 1. The summed E-state index contributed by atoms with van der Waals surface area (Å²) in [6.07, 6.45) is 1.77. The monoisotopic (exact) mass is 329 g/mol. The predicted molar refractivity (Wildman–Crippen MR) is 89.7 cm³/mol. The molecule has 0 aliphatic rings. The van der Waals surface area contributed by atoms with Gasteiger partial charge in [-0.15, -0.1) is 0 Å². The molecule has 0 aliphatic carbocycles. The van der Waals surface area contributed by atoms with Crippen LogP contribution in [-0.2, 0) is 11.3 Å². The average Bonchev–Trinajstić information content (AvgIpc) is 2.55. The average molecular weight is 329 g/mol. The van der Waals surface area contributed by atoms with E-state index in [1.54, 1.807) is 0 Å². The molecule has 0 bridgehead atoms. The van der Waals surface area contributed by atoms with Crippen molar-refractivity contribution in [2.75, 3.05) is 0 Å². The highest BCUT2D eigenvalue weighted by Gasteiger charge is 2.15. The molecule has 1 amide bonds. The van der Waals surface area contributed by atoms with Gasteiger partial charge in [0, 0.05) is 12.1 Å². The lowest BCUT2D eigenvalue weighted by Gasteiger charge is -2.18. The minimum atomic E-state index is -0.602. The first-order chi connectivity index (χ1) is 11.4. The fourth-order valence-electron chi connectivity index (χ4n) is 2.36. The molecule has 1 atom stereocenters. The van der Waals surface area contributed by atoms with E-state index in [4.69, 9.17) is 0 Å². The van der Waals surface area contributed by atoms with Crippen LogP contribution < -0.4 is 10.9 Å². The first-order valence-electron chi connectivity index (χ1n) is 7.61. The molecule has 0 saturated heterocycles. The van der Waals surface area contributed by atoms with Crippen LogP contribution in [0.5, 0.6) is 0 Å². The number of benzene rings is 1. The smallest absolute Gasteiger partial charge is 0.285 e. The molecule has 1 aromatic carbocycles. The summed E-state index contributed by atoms with van der Waals surface area (Å²) in [5, 5.41) is 13.6. The van der Waals surface area contributed by atoms with Gasteiger partial charge < -0.3 is 5.32 Å². The molecule has 0 unspecified atom stereocenters. The van der Waals surface area contributed by atoms with Gasteiger partial charge in [0.25, 0.3) is 11.2 Å². The number of nitrogens with one attached hydrogen (secondary N) is 1. The van der Waals surface area contributed by atoms with E-state index >= 15 is 0 Å². The third-order valence-corrected chi connectivity index (χ3v) is 3.72. The molecule has 24 heavy (non-hydrogen) atoms. The van der Waals surface area contributed by atoms with Gasteiger partial charge in [0.15, 0.2) is 0 Å². The summed E-state index contributed by atoms with van der Waals surface area (Å²) in [5.74, 6) is -0.370. The molecular weight excluding hydrogens is 310 g/mol. The molecule has 0 aliphatic heterocycles. The largest absolute Gasteiger partial charge is 0.348 e. The van der Waals surface area contributed by atoms with Crippen molar-refractivity contribution in [2.45, 2.75) is 32.9 Å². The fourth-order valence-corrected chi connectivity index (χ4v) is 2.36. The van der Waals surface area contributed by atoms with Crippen LogP contribution in [0.4, 0.5) is 5.69 Å². The summed E-state index contributed by atoms with van der Waals surface area (Å²) >= 11 is 0. The van der Waals surface area contributed by atoms with Crippen molar-refractivity contribution >= 4 is 11.6 Å². The Morgan fingerprint density at radius 1 is 1.25 bits per heavy atom. The van der Waals surface area contributed by atoms with Gasteiger partial charge in [0.1, 0.15) is 6.54 Å². The highest BCUT2D eigenvalue weighted by atomic mass is 16.6. The van der Waals surface area contributed by atoms with E-state index in [9.17, 15) is 19.7 Å². The summed E-state index contributed by atoms with van der Waals surface area (Å²) in [6.45, 7) is 3.67. The Morgan fingerprint density at radius 3 is 2.50 bits per heavy atom. The van der Waals surface area contributed by atoms with Crippen LogP contribution in [0.2, 0.25) is 0 Å². The van der Waals surface area contributed by atoms with Crippen molar-refractivity contribution in [1.82, 2.24) is 9.88 Å². The molecule has 7 heteroatoms. The van der Waals surface area contributed by atoms with Gasteiger partial charge in [-0.25, -0.2) is 0 Å². The van der Waals surface area contributed by atoms with E-state index in [1.807, 2.05) is 38.1 Å². The number of aryl methyl sites for hydroxylation is 1. The lowest BCUT2D eigenvalue weighted by molar-refractivity contribution is -0.385. The van der Waals surface area contributed by atoms with Crippen molar-refractivity contribution < 1.29 is 9.72 Å². The summed E-state index contributed by atoms with van der Waals surface area (Å²) in [7, 11) is 0. The zero-order chi connectivity index (χ0) is 17.7.